The second-order valence-corrected chi connectivity index (χ2v) is 6.30. The molecule has 0 aromatic rings. The number of aliphatic carboxylic acids is 1. The quantitative estimate of drug-likeness (QED) is 0.707. The maximum absolute atomic E-state index is 11.5. The Labute approximate surface area is 121 Å². The minimum absolute atomic E-state index is 0.395. The van der Waals surface area contributed by atoms with Crippen molar-refractivity contribution in [3.63, 3.8) is 0 Å². The van der Waals surface area contributed by atoms with Crippen molar-refractivity contribution in [2.75, 3.05) is 26.2 Å². The summed E-state index contributed by atoms with van der Waals surface area (Å²) in [7, 11) is 0. The third-order valence-electron chi connectivity index (χ3n) is 4.44. The maximum Gasteiger partial charge on any atom is 0.323 e. The van der Waals surface area contributed by atoms with Crippen LogP contribution in [-0.2, 0) is 9.53 Å². The van der Waals surface area contributed by atoms with Crippen LogP contribution in [0.15, 0.2) is 0 Å². The summed E-state index contributed by atoms with van der Waals surface area (Å²) in [6, 6.07) is 0.416. The van der Waals surface area contributed by atoms with Crippen LogP contribution in [0.5, 0.6) is 0 Å². The van der Waals surface area contributed by atoms with Crippen molar-refractivity contribution in [2.24, 2.45) is 0 Å². The lowest BCUT2D eigenvalue weighted by atomic mass is 9.96. The van der Waals surface area contributed by atoms with Crippen molar-refractivity contribution in [3.05, 3.63) is 0 Å². The molecule has 1 heterocycles. The fourth-order valence-electron chi connectivity index (χ4n) is 2.84. The average molecular weight is 284 g/mol. The highest BCUT2D eigenvalue weighted by Crippen LogP contribution is 2.25. The van der Waals surface area contributed by atoms with Crippen molar-refractivity contribution in [1.82, 2.24) is 10.2 Å². The number of hydrogen-bond acceptors (Lipinski definition) is 4. The molecule has 1 unspecified atom stereocenters. The van der Waals surface area contributed by atoms with Gasteiger partial charge in [-0.25, -0.2) is 0 Å². The number of likely N-dealkylation sites (tertiary alicyclic amines) is 1. The highest BCUT2D eigenvalue weighted by Gasteiger charge is 2.38. The number of carbonyl (C=O) groups is 1. The number of carboxylic acids is 1. The van der Waals surface area contributed by atoms with Gasteiger partial charge in [0.1, 0.15) is 5.54 Å². The summed E-state index contributed by atoms with van der Waals surface area (Å²) in [5.74, 6) is -0.728. The van der Waals surface area contributed by atoms with Crippen LogP contribution in [0.25, 0.3) is 0 Å². The molecular formula is C15H28N2O3. The molecule has 0 spiro atoms. The van der Waals surface area contributed by atoms with Gasteiger partial charge in [0, 0.05) is 32.3 Å². The lowest BCUT2D eigenvalue weighted by Gasteiger charge is -2.34. The average Bonchev–Trinajstić information content (AvgIpc) is 3.22. The molecule has 20 heavy (non-hydrogen) atoms. The Morgan fingerprint density at radius 3 is 2.50 bits per heavy atom. The van der Waals surface area contributed by atoms with Crippen molar-refractivity contribution in [3.8, 4) is 0 Å². The van der Waals surface area contributed by atoms with E-state index >= 15 is 0 Å². The molecule has 0 bridgehead atoms. The van der Waals surface area contributed by atoms with Crippen molar-refractivity contribution in [2.45, 2.75) is 63.6 Å². The van der Waals surface area contributed by atoms with Gasteiger partial charge in [-0.2, -0.15) is 0 Å². The summed E-state index contributed by atoms with van der Waals surface area (Å²) in [6.07, 6.45) is 5.41. The smallest absolute Gasteiger partial charge is 0.323 e. The molecule has 1 saturated heterocycles. The summed E-state index contributed by atoms with van der Waals surface area (Å²) in [6.45, 7) is 7.52. The monoisotopic (exact) mass is 284 g/mol. The zero-order chi connectivity index (χ0) is 14.6. The van der Waals surface area contributed by atoms with Crippen molar-refractivity contribution < 1.29 is 14.6 Å². The van der Waals surface area contributed by atoms with E-state index in [1.54, 1.807) is 0 Å². The van der Waals surface area contributed by atoms with Crippen LogP contribution >= 0.6 is 0 Å². The Bertz CT molecular complexity index is 325. The van der Waals surface area contributed by atoms with E-state index in [0.717, 1.165) is 51.9 Å². The Hall–Kier alpha value is -0.650. The molecule has 0 aromatic carbocycles. The fraction of sp³-hybridized carbons (Fsp3) is 0.933. The molecule has 0 radical (unpaired) electrons. The first-order valence-corrected chi connectivity index (χ1v) is 7.88. The normalized spacial score (nSPS) is 24.5. The zero-order valence-corrected chi connectivity index (χ0v) is 12.7. The van der Waals surface area contributed by atoms with Crippen LogP contribution in [0.1, 0.15) is 46.0 Å². The first-order chi connectivity index (χ1) is 9.53. The van der Waals surface area contributed by atoms with Crippen LogP contribution in [-0.4, -0.2) is 59.9 Å². The zero-order valence-electron chi connectivity index (χ0n) is 12.7. The number of hydrogen-bond donors (Lipinski definition) is 2. The van der Waals surface area contributed by atoms with E-state index in [2.05, 4.69) is 10.2 Å². The molecule has 2 rings (SSSR count). The van der Waals surface area contributed by atoms with Gasteiger partial charge in [0.05, 0.1) is 6.10 Å². The number of rotatable bonds is 8. The van der Waals surface area contributed by atoms with Crippen molar-refractivity contribution in [1.29, 1.82) is 0 Å². The molecule has 0 aromatic heterocycles. The number of carboxylic acid groups (broad SMARTS) is 1. The summed E-state index contributed by atoms with van der Waals surface area (Å²) in [5, 5.41) is 12.7. The molecule has 5 heteroatoms. The largest absolute Gasteiger partial charge is 0.480 e. The molecule has 1 aliphatic heterocycles. The maximum atomic E-state index is 11.5. The van der Waals surface area contributed by atoms with E-state index in [9.17, 15) is 9.90 Å². The molecule has 116 valence electrons. The summed E-state index contributed by atoms with van der Waals surface area (Å²) in [4.78, 5) is 13.9. The molecule has 2 N–H and O–H groups in total. The lowest BCUT2D eigenvalue weighted by Crippen LogP contribution is -2.52. The van der Waals surface area contributed by atoms with Crippen LogP contribution in [0.3, 0.4) is 0 Å². The first kappa shape index (κ1) is 15.7. The highest BCUT2D eigenvalue weighted by molar-refractivity contribution is 5.78. The summed E-state index contributed by atoms with van der Waals surface area (Å²) >= 11 is 0. The molecule has 2 aliphatic rings. The van der Waals surface area contributed by atoms with Gasteiger partial charge >= 0.3 is 5.97 Å². The van der Waals surface area contributed by atoms with E-state index < -0.39 is 11.5 Å². The van der Waals surface area contributed by atoms with E-state index in [1.807, 2.05) is 13.8 Å². The molecule has 0 amide bonds. The second-order valence-electron chi connectivity index (χ2n) is 6.30. The van der Waals surface area contributed by atoms with Gasteiger partial charge in [0.15, 0.2) is 0 Å². The van der Waals surface area contributed by atoms with E-state index in [1.165, 1.54) is 0 Å². The third-order valence-corrected chi connectivity index (χ3v) is 4.44. The standard InChI is InChI=1S/C15H28N2O3/c1-3-20-13-6-9-17(10-7-13)11-8-15(2,14(18)19)16-12-4-5-12/h12-13,16H,3-11H2,1-2H3,(H,18,19). The number of nitrogens with one attached hydrogen (secondary N) is 1. The Balaban J connectivity index is 1.74. The van der Waals surface area contributed by atoms with E-state index in [0.29, 0.717) is 18.6 Å². The lowest BCUT2D eigenvalue weighted by molar-refractivity contribution is -0.144. The van der Waals surface area contributed by atoms with Crippen LogP contribution in [0, 0.1) is 0 Å². The predicted octanol–water partition coefficient (Wildman–Crippen LogP) is 1.47. The van der Waals surface area contributed by atoms with Gasteiger partial charge in [-0.3, -0.25) is 10.1 Å². The molecule has 1 atom stereocenters. The SMILES string of the molecule is CCOC1CCN(CCC(C)(NC2CC2)C(=O)O)CC1. The van der Waals surface area contributed by atoms with Crippen molar-refractivity contribution >= 4 is 5.97 Å². The first-order valence-electron chi connectivity index (χ1n) is 7.88. The molecule has 2 fully saturated rings. The fourth-order valence-corrected chi connectivity index (χ4v) is 2.84. The second kappa shape index (κ2) is 6.87. The number of ether oxygens (including phenoxy) is 1. The van der Waals surface area contributed by atoms with Crippen LogP contribution in [0.4, 0.5) is 0 Å². The van der Waals surface area contributed by atoms with E-state index in [-0.39, 0.29) is 0 Å². The van der Waals surface area contributed by atoms with E-state index in [4.69, 9.17) is 4.74 Å². The summed E-state index contributed by atoms with van der Waals surface area (Å²) < 4.78 is 5.64. The van der Waals surface area contributed by atoms with Gasteiger partial charge in [-0.15, -0.1) is 0 Å². The van der Waals surface area contributed by atoms with Gasteiger partial charge in [0.2, 0.25) is 0 Å². The van der Waals surface area contributed by atoms with Gasteiger partial charge in [-0.1, -0.05) is 0 Å². The minimum atomic E-state index is -0.780. The topological polar surface area (TPSA) is 61.8 Å². The minimum Gasteiger partial charge on any atom is -0.480 e. The Kier molecular flexibility index (Phi) is 5.41. The van der Waals surface area contributed by atoms with Gasteiger partial charge < -0.3 is 14.7 Å². The molecule has 1 saturated carbocycles. The molecule has 5 nitrogen and oxygen atoms in total. The third kappa shape index (κ3) is 4.43. The Morgan fingerprint density at radius 1 is 1.35 bits per heavy atom. The predicted molar refractivity (Wildman–Crippen MR) is 77.9 cm³/mol. The number of nitrogens with zero attached hydrogens (tertiary/aromatic N) is 1. The number of piperidine rings is 1. The van der Waals surface area contributed by atoms with Crippen LogP contribution in [0.2, 0.25) is 0 Å². The van der Waals surface area contributed by atoms with Gasteiger partial charge in [0.25, 0.3) is 0 Å². The highest BCUT2D eigenvalue weighted by atomic mass is 16.5. The molecule has 1 aliphatic carbocycles. The molecular weight excluding hydrogens is 256 g/mol. The van der Waals surface area contributed by atoms with Gasteiger partial charge in [-0.05, 0) is 46.0 Å². The summed E-state index contributed by atoms with van der Waals surface area (Å²) in [5.41, 5.74) is -0.780. The van der Waals surface area contributed by atoms with Crippen LogP contribution < -0.4 is 5.32 Å². The Morgan fingerprint density at radius 2 is 2.00 bits per heavy atom.